The predicted octanol–water partition coefficient (Wildman–Crippen LogP) is 4.10. The highest BCUT2D eigenvalue weighted by Gasteiger charge is 2.21. The highest BCUT2D eigenvalue weighted by Crippen LogP contribution is 2.28. The van der Waals surface area contributed by atoms with Crippen LogP contribution in [0.1, 0.15) is 5.76 Å². The minimum atomic E-state index is -3.83. The third-order valence-corrected chi connectivity index (χ3v) is 5.56. The Hall–Kier alpha value is -2.48. The van der Waals surface area contributed by atoms with E-state index in [0.717, 1.165) is 5.56 Å². The summed E-state index contributed by atoms with van der Waals surface area (Å²) in [5, 5.41) is 0.630. The fourth-order valence-electron chi connectivity index (χ4n) is 2.48. The van der Waals surface area contributed by atoms with Crippen LogP contribution in [0.2, 0.25) is 5.02 Å². The summed E-state index contributed by atoms with van der Waals surface area (Å²) in [7, 11) is -0.954. The van der Waals surface area contributed by atoms with Crippen LogP contribution in [0.15, 0.2) is 63.9 Å². The lowest BCUT2D eigenvalue weighted by atomic mass is 10.2. The van der Waals surface area contributed by atoms with Crippen molar-refractivity contribution >= 4 is 21.6 Å². The van der Waals surface area contributed by atoms with Crippen LogP contribution in [0, 0.1) is 0 Å². The topological polar surface area (TPSA) is 77.8 Å². The first-order chi connectivity index (χ1) is 12.9. The van der Waals surface area contributed by atoms with Gasteiger partial charge in [0.05, 0.1) is 20.8 Å². The van der Waals surface area contributed by atoms with Crippen molar-refractivity contribution in [2.45, 2.75) is 11.4 Å². The molecule has 0 aliphatic heterocycles. The number of methoxy groups -OCH3 is 2. The van der Waals surface area contributed by atoms with Gasteiger partial charge in [-0.2, -0.15) is 0 Å². The Morgan fingerprint density at radius 2 is 1.74 bits per heavy atom. The summed E-state index contributed by atoms with van der Waals surface area (Å²) < 4.78 is 43.8. The van der Waals surface area contributed by atoms with Crippen molar-refractivity contribution in [2.24, 2.45) is 0 Å². The molecule has 1 heterocycles. The van der Waals surface area contributed by atoms with Gasteiger partial charge >= 0.3 is 0 Å². The molecule has 0 saturated carbocycles. The molecule has 0 unspecified atom stereocenters. The second kappa shape index (κ2) is 8.04. The van der Waals surface area contributed by atoms with Crippen LogP contribution < -0.4 is 14.2 Å². The Balaban J connectivity index is 1.77. The van der Waals surface area contributed by atoms with E-state index in [1.54, 1.807) is 36.4 Å². The van der Waals surface area contributed by atoms with Gasteiger partial charge in [-0.05, 0) is 48.5 Å². The van der Waals surface area contributed by atoms with Crippen LogP contribution in [0.3, 0.4) is 0 Å². The van der Waals surface area contributed by atoms with E-state index in [1.807, 2.05) is 12.1 Å². The lowest BCUT2D eigenvalue weighted by molar-refractivity contribution is 0.391. The van der Waals surface area contributed by atoms with Gasteiger partial charge in [0.1, 0.15) is 27.9 Å². The van der Waals surface area contributed by atoms with Crippen molar-refractivity contribution in [3.05, 3.63) is 65.4 Å². The lowest BCUT2D eigenvalue weighted by Gasteiger charge is -2.11. The number of hydrogen-bond donors (Lipinski definition) is 1. The molecule has 27 heavy (non-hydrogen) atoms. The van der Waals surface area contributed by atoms with E-state index in [1.165, 1.54) is 20.3 Å². The van der Waals surface area contributed by atoms with Crippen molar-refractivity contribution in [1.82, 2.24) is 4.72 Å². The average molecular weight is 408 g/mol. The summed E-state index contributed by atoms with van der Waals surface area (Å²) in [6.07, 6.45) is 0. The third-order valence-electron chi connectivity index (χ3n) is 3.89. The smallest absolute Gasteiger partial charge is 0.244 e. The molecule has 3 rings (SSSR count). The van der Waals surface area contributed by atoms with Gasteiger partial charge in [-0.3, -0.25) is 0 Å². The van der Waals surface area contributed by atoms with Crippen LogP contribution in [0.25, 0.3) is 11.3 Å². The van der Waals surface area contributed by atoms with Gasteiger partial charge < -0.3 is 13.9 Å². The molecule has 6 nitrogen and oxygen atoms in total. The van der Waals surface area contributed by atoms with Crippen LogP contribution >= 0.6 is 11.6 Å². The molecule has 0 aliphatic rings. The fraction of sp³-hybridized carbons (Fsp3) is 0.158. The van der Waals surface area contributed by atoms with Crippen molar-refractivity contribution in [3.8, 4) is 22.8 Å². The normalized spacial score (nSPS) is 11.4. The molecule has 1 N–H and O–H groups in total. The molecule has 3 aromatic rings. The summed E-state index contributed by atoms with van der Waals surface area (Å²) in [6.45, 7) is -0.00368. The molecule has 0 atom stereocenters. The molecule has 0 fully saturated rings. The first-order valence-corrected chi connectivity index (χ1v) is 9.85. The molecule has 2 aromatic carbocycles. The number of sulfonamides is 1. The maximum absolute atomic E-state index is 12.7. The molecule has 0 bridgehead atoms. The van der Waals surface area contributed by atoms with E-state index in [9.17, 15) is 8.42 Å². The van der Waals surface area contributed by atoms with Gasteiger partial charge in [0.2, 0.25) is 10.0 Å². The SMILES string of the molecule is COc1ccc(OC)c(S(=O)(=O)NCc2ccc(-c3ccc(Cl)cc3)o2)c1. The Bertz CT molecular complexity index is 1030. The summed E-state index contributed by atoms with van der Waals surface area (Å²) in [5.74, 6) is 1.74. The fourth-order valence-corrected chi connectivity index (χ4v) is 3.78. The molecule has 0 spiro atoms. The second-order valence-corrected chi connectivity index (χ2v) is 7.79. The zero-order valence-electron chi connectivity index (χ0n) is 14.7. The van der Waals surface area contributed by atoms with Crippen molar-refractivity contribution in [2.75, 3.05) is 14.2 Å². The number of rotatable bonds is 7. The van der Waals surface area contributed by atoms with E-state index in [4.69, 9.17) is 25.5 Å². The molecule has 0 radical (unpaired) electrons. The number of benzene rings is 2. The van der Waals surface area contributed by atoms with Gasteiger partial charge in [-0.15, -0.1) is 0 Å². The van der Waals surface area contributed by atoms with Gasteiger partial charge in [-0.1, -0.05) is 11.6 Å². The lowest BCUT2D eigenvalue weighted by Crippen LogP contribution is -2.23. The minimum absolute atomic E-state index is 0.00368. The van der Waals surface area contributed by atoms with E-state index >= 15 is 0 Å². The summed E-state index contributed by atoms with van der Waals surface area (Å²) in [6, 6.07) is 15.2. The molecule has 0 saturated heterocycles. The molecular weight excluding hydrogens is 390 g/mol. The first-order valence-electron chi connectivity index (χ1n) is 7.99. The largest absolute Gasteiger partial charge is 0.497 e. The Morgan fingerprint density at radius 3 is 2.41 bits per heavy atom. The maximum atomic E-state index is 12.7. The quantitative estimate of drug-likeness (QED) is 0.638. The monoisotopic (exact) mass is 407 g/mol. The number of ether oxygens (including phenoxy) is 2. The van der Waals surface area contributed by atoms with E-state index < -0.39 is 10.0 Å². The number of nitrogens with one attached hydrogen (secondary N) is 1. The van der Waals surface area contributed by atoms with Crippen LogP contribution in [0.4, 0.5) is 0 Å². The highest BCUT2D eigenvalue weighted by atomic mass is 35.5. The van der Waals surface area contributed by atoms with Gasteiger partial charge in [0.15, 0.2) is 0 Å². The molecule has 1 aromatic heterocycles. The highest BCUT2D eigenvalue weighted by molar-refractivity contribution is 7.89. The Kier molecular flexibility index (Phi) is 5.74. The zero-order valence-corrected chi connectivity index (χ0v) is 16.3. The Morgan fingerprint density at radius 1 is 1.00 bits per heavy atom. The second-order valence-electron chi connectivity index (χ2n) is 5.61. The maximum Gasteiger partial charge on any atom is 0.244 e. The van der Waals surface area contributed by atoms with Gasteiger partial charge in [0, 0.05) is 16.7 Å². The van der Waals surface area contributed by atoms with Gasteiger partial charge in [-0.25, -0.2) is 13.1 Å². The number of halogens is 1. The standard InChI is InChI=1S/C19H18ClNO5S/c1-24-15-7-10-18(25-2)19(11-15)27(22,23)21-12-16-8-9-17(26-16)13-3-5-14(20)6-4-13/h3-11,21H,12H2,1-2H3. The molecule has 142 valence electrons. The number of furan rings is 1. The van der Waals surface area contributed by atoms with E-state index in [2.05, 4.69) is 4.72 Å². The van der Waals surface area contributed by atoms with Crippen molar-refractivity contribution in [3.63, 3.8) is 0 Å². The van der Waals surface area contributed by atoms with Crippen LogP contribution in [0.5, 0.6) is 11.5 Å². The first kappa shape index (κ1) is 19.3. The Labute approximate surface area is 162 Å². The molecular formula is C19H18ClNO5S. The molecule has 0 aliphatic carbocycles. The summed E-state index contributed by atoms with van der Waals surface area (Å²) in [4.78, 5) is -0.00571. The van der Waals surface area contributed by atoms with Gasteiger partial charge in [0.25, 0.3) is 0 Å². The minimum Gasteiger partial charge on any atom is -0.497 e. The summed E-state index contributed by atoms with van der Waals surface area (Å²) >= 11 is 5.88. The summed E-state index contributed by atoms with van der Waals surface area (Å²) in [5.41, 5.74) is 0.850. The van der Waals surface area contributed by atoms with Crippen molar-refractivity contribution < 1.29 is 22.3 Å². The molecule has 0 amide bonds. The van der Waals surface area contributed by atoms with Crippen molar-refractivity contribution in [1.29, 1.82) is 0 Å². The van der Waals surface area contributed by atoms with E-state index in [0.29, 0.717) is 22.3 Å². The van der Waals surface area contributed by atoms with Crippen LogP contribution in [-0.2, 0) is 16.6 Å². The third kappa shape index (κ3) is 4.44. The predicted molar refractivity (Wildman–Crippen MR) is 103 cm³/mol. The number of hydrogen-bond acceptors (Lipinski definition) is 5. The molecule has 8 heteroatoms. The average Bonchev–Trinajstić information content (AvgIpc) is 3.15. The van der Waals surface area contributed by atoms with Crippen LogP contribution in [-0.4, -0.2) is 22.6 Å². The zero-order chi connectivity index (χ0) is 19.4. The van der Waals surface area contributed by atoms with E-state index in [-0.39, 0.29) is 17.2 Å².